The summed E-state index contributed by atoms with van der Waals surface area (Å²) in [7, 11) is 1.47. The molecular formula is C9H6Cl6O. The Morgan fingerprint density at radius 2 is 1.19 bits per heavy atom. The van der Waals surface area contributed by atoms with E-state index in [1.807, 2.05) is 0 Å². The van der Waals surface area contributed by atoms with Gasteiger partial charge in [0.2, 0.25) is 7.59 Å². The summed E-state index contributed by atoms with van der Waals surface area (Å²) in [5, 5.41) is 0. The van der Waals surface area contributed by atoms with Crippen molar-refractivity contribution >= 4 is 69.6 Å². The molecule has 0 spiro atoms. The Morgan fingerprint density at radius 3 is 1.44 bits per heavy atom. The Hall–Kier alpha value is 0.760. The molecule has 7 heteroatoms. The van der Waals surface area contributed by atoms with Crippen molar-refractivity contribution in [3.8, 4) is 5.75 Å². The molecule has 0 radical (unpaired) electrons. The zero-order chi connectivity index (χ0) is 12.6. The lowest BCUT2D eigenvalue weighted by Crippen LogP contribution is -2.06. The van der Waals surface area contributed by atoms with Crippen LogP contribution in [0.3, 0.4) is 0 Å². The van der Waals surface area contributed by atoms with Crippen molar-refractivity contribution in [2.45, 2.75) is 7.59 Å². The first-order chi connectivity index (χ1) is 7.14. The monoisotopic (exact) mass is 340 g/mol. The smallest absolute Gasteiger partial charge is 0.216 e. The molecule has 1 rings (SSSR count). The fraction of sp³-hybridized carbons (Fsp3) is 0.333. The molecule has 1 nitrogen and oxygen atoms in total. The van der Waals surface area contributed by atoms with Gasteiger partial charge in [0.05, 0.1) is 7.11 Å². The van der Waals surface area contributed by atoms with Crippen LogP contribution >= 0.6 is 69.6 Å². The highest BCUT2D eigenvalue weighted by atomic mass is 35.6. The molecule has 0 aromatic heterocycles. The molecule has 0 aliphatic rings. The molecule has 1 aromatic rings. The van der Waals surface area contributed by atoms with Gasteiger partial charge in [-0.2, -0.15) is 0 Å². The van der Waals surface area contributed by atoms with Gasteiger partial charge in [-0.05, 0) is 18.2 Å². The number of halogens is 6. The van der Waals surface area contributed by atoms with E-state index in [1.165, 1.54) is 13.2 Å². The van der Waals surface area contributed by atoms with Crippen LogP contribution in [-0.4, -0.2) is 7.11 Å². The summed E-state index contributed by atoms with van der Waals surface area (Å²) in [6.07, 6.45) is 0. The Labute approximate surface area is 123 Å². The maximum Gasteiger partial charge on any atom is 0.216 e. The molecular weight excluding hydrogens is 337 g/mol. The van der Waals surface area contributed by atoms with Crippen LogP contribution < -0.4 is 4.74 Å². The van der Waals surface area contributed by atoms with Crippen molar-refractivity contribution in [3.63, 3.8) is 0 Å². The number of alkyl halides is 6. The normalized spacial score (nSPS) is 12.7. The highest BCUT2D eigenvalue weighted by Gasteiger charge is 2.29. The predicted molar refractivity (Wildman–Crippen MR) is 71.5 cm³/mol. The Balaban J connectivity index is 3.33. The molecule has 0 N–H and O–H groups in total. The average molecular weight is 343 g/mol. The molecule has 0 saturated heterocycles. The van der Waals surface area contributed by atoms with E-state index in [9.17, 15) is 0 Å². The summed E-state index contributed by atoms with van der Waals surface area (Å²) in [4.78, 5) is 0. The summed E-state index contributed by atoms with van der Waals surface area (Å²) < 4.78 is 1.84. The third kappa shape index (κ3) is 3.90. The summed E-state index contributed by atoms with van der Waals surface area (Å²) in [6, 6.07) is 4.63. The van der Waals surface area contributed by atoms with Crippen LogP contribution in [-0.2, 0) is 7.59 Å². The second-order valence-electron chi connectivity index (χ2n) is 2.95. The highest BCUT2D eigenvalue weighted by Crippen LogP contribution is 2.45. The summed E-state index contributed by atoms with van der Waals surface area (Å²) in [5.74, 6) is 0.449. The Bertz CT molecular complexity index is 346. The zero-order valence-electron chi connectivity index (χ0n) is 7.91. The van der Waals surface area contributed by atoms with Crippen LogP contribution in [0.25, 0.3) is 0 Å². The van der Waals surface area contributed by atoms with Crippen molar-refractivity contribution in [1.29, 1.82) is 0 Å². The quantitative estimate of drug-likeness (QED) is 0.625. The van der Waals surface area contributed by atoms with Gasteiger partial charge in [0.15, 0.2) is 0 Å². The highest BCUT2D eigenvalue weighted by molar-refractivity contribution is 6.67. The van der Waals surface area contributed by atoms with E-state index < -0.39 is 7.59 Å². The SMILES string of the molecule is COc1cc(C(Cl)(Cl)Cl)cc(C(Cl)(Cl)Cl)c1. The number of rotatable bonds is 1. The van der Waals surface area contributed by atoms with Crippen LogP contribution in [0.2, 0.25) is 0 Å². The molecule has 0 aliphatic heterocycles. The van der Waals surface area contributed by atoms with Crippen molar-refractivity contribution in [2.24, 2.45) is 0 Å². The van der Waals surface area contributed by atoms with E-state index in [0.717, 1.165) is 0 Å². The van der Waals surface area contributed by atoms with Crippen LogP contribution in [0.5, 0.6) is 5.75 Å². The second-order valence-corrected chi connectivity index (χ2v) is 7.51. The van der Waals surface area contributed by atoms with Crippen molar-refractivity contribution in [3.05, 3.63) is 29.3 Å². The number of hydrogen-bond acceptors (Lipinski definition) is 1. The topological polar surface area (TPSA) is 9.23 Å². The maximum absolute atomic E-state index is 5.76. The molecule has 0 bridgehead atoms. The Morgan fingerprint density at radius 1 is 0.812 bits per heavy atom. The Kier molecular flexibility index (Phi) is 4.79. The van der Waals surface area contributed by atoms with Crippen LogP contribution in [0.15, 0.2) is 18.2 Å². The molecule has 1 aromatic carbocycles. The van der Waals surface area contributed by atoms with Gasteiger partial charge >= 0.3 is 0 Å². The first-order valence-corrected chi connectivity index (χ1v) is 6.25. The van der Waals surface area contributed by atoms with Gasteiger partial charge in [-0.1, -0.05) is 69.6 Å². The first kappa shape index (κ1) is 14.8. The molecule has 0 atom stereocenters. The maximum atomic E-state index is 5.76. The van der Waals surface area contributed by atoms with Crippen molar-refractivity contribution in [1.82, 2.24) is 0 Å². The molecule has 0 heterocycles. The minimum absolute atomic E-state index is 0.373. The van der Waals surface area contributed by atoms with Crippen LogP contribution in [0.4, 0.5) is 0 Å². The van der Waals surface area contributed by atoms with Crippen molar-refractivity contribution < 1.29 is 4.74 Å². The van der Waals surface area contributed by atoms with Gasteiger partial charge in [0.25, 0.3) is 0 Å². The number of methoxy groups -OCH3 is 1. The van der Waals surface area contributed by atoms with E-state index in [-0.39, 0.29) is 0 Å². The van der Waals surface area contributed by atoms with E-state index >= 15 is 0 Å². The fourth-order valence-electron chi connectivity index (χ4n) is 1.04. The molecule has 16 heavy (non-hydrogen) atoms. The lowest BCUT2D eigenvalue weighted by Gasteiger charge is -2.18. The zero-order valence-corrected chi connectivity index (χ0v) is 12.4. The number of benzene rings is 1. The lowest BCUT2D eigenvalue weighted by molar-refractivity contribution is 0.414. The van der Waals surface area contributed by atoms with E-state index in [0.29, 0.717) is 16.9 Å². The van der Waals surface area contributed by atoms with Crippen LogP contribution in [0, 0.1) is 0 Å². The minimum atomic E-state index is -1.60. The lowest BCUT2D eigenvalue weighted by atomic mass is 10.1. The standard InChI is InChI=1S/C9H6Cl6O/c1-16-7-3-5(8(10,11)12)2-6(4-7)9(13,14)15/h2-4H,1H3. The molecule has 90 valence electrons. The average Bonchev–Trinajstić information content (AvgIpc) is 2.14. The van der Waals surface area contributed by atoms with Gasteiger partial charge in [-0.3, -0.25) is 0 Å². The van der Waals surface area contributed by atoms with Crippen molar-refractivity contribution in [2.75, 3.05) is 7.11 Å². The summed E-state index contributed by atoms with van der Waals surface area (Å²) in [6.45, 7) is 0. The van der Waals surface area contributed by atoms with E-state index in [2.05, 4.69) is 0 Å². The van der Waals surface area contributed by atoms with Crippen LogP contribution in [0.1, 0.15) is 11.1 Å². The minimum Gasteiger partial charge on any atom is -0.497 e. The largest absolute Gasteiger partial charge is 0.497 e. The number of hydrogen-bond donors (Lipinski definition) is 0. The summed E-state index contributed by atoms with van der Waals surface area (Å²) in [5.41, 5.74) is 0.747. The summed E-state index contributed by atoms with van der Waals surface area (Å²) >= 11 is 34.5. The second kappa shape index (κ2) is 5.17. The fourth-order valence-corrected chi connectivity index (χ4v) is 1.70. The van der Waals surface area contributed by atoms with E-state index in [1.54, 1.807) is 12.1 Å². The predicted octanol–water partition coefficient (Wildman–Crippen LogP) is 5.35. The van der Waals surface area contributed by atoms with Gasteiger partial charge in [-0.15, -0.1) is 0 Å². The molecule has 0 unspecified atom stereocenters. The molecule has 0 amide bonds. The molecule has 0 aliphatic carbocycles. The third-order valence-corrected chi connectivity index (χ3v) is 3.11. The van der Waals surface area contributed by atoms with Gasteiger partial charge in [0.1, 0.15) is 5.75 Å². The van der Waals surface area contributed by atoms with Gasteiger partial charge in [0, 0.05) is 11.1 Å². The van der Waals surface area contributed by atoms with Gasteiger partial charge < -0.3 is 4.74 Å². The first-order valence-electron chi connectivity index (χ1n) is 3.98. The number of ether oxygens (including phenoxy) is 1. The third-order valence-electron chi connectivity index (χ3n) is 1.80. The van der Waals surface area contributed by atoms with E-state index in [4.69, 9.17) is 74.3 Å². The molecule has 0 fully saturated rings. The van der Waals surface area contributed by atoms with Gasteiger partial charge in [-0.25, -0.2) is 0 Å². The molecule has 0 saturated carbocycles.